The highest BCUT2D eigenvalue weighted by atomic mass is 15.0. The molecule has 0 radical (unpaired) electrons. The summed E-state index contributed by atoms with van der Waals surface area (Å²) in [6, 6.07) is 3.70. The fourth-order valence-electron chi connectivity index (χ4n) is 1.28. The van der Waals surface area contributed by atoms with Crippen LogP contribution in [0.2, 0.25) is 0 Å². The van der Waals surface area contributed by atoms with E-state index in [0.29, 0.717) is 0 Å². The number of nitrogens with one attached hydrogen (secondary N) is 1. The molecule has 0 amide bonds. The predicted octanol–water partition coefficient (Wildman–Crippen LogP) is 2.51. The van der Waals surface area contributed by atoms with Gasteiger partial charge in [0.05, 0.1) is 5.69 Å². The lowest BCUT2D eigenvalue weighted by Gasteiger charge is -2.08. The Morgan fingerprint density at radius 3 is 2.93 bits per heavy atom. The van der Waals surface area contributed by atoms with Crippen molar-refractivity contribution in [3.8, 4) is 0 Å². The maximum atomic E-state index is 5.74. The predicted molar refractivity (Wildman–Crippen MR) is 61.2 cm³/mol. The van der Waals surface area contributed by atoms with Crippen molar-refractivity contribution in [1.82, 2.24) is 4.98 Å². The summed E-state index contributed by atoms with van der Waals surface area (Å²) in [7, 11) is 0. The molecule has 0 atom stereocenters. The average molecular weight is 193 g/mol. The highest BCUT2D eigenvalue weighted by Crippen LogP contribution is 2.13. The Labute approximate surface area is 85.7 Å². The molecule has 78 valence electrons. The van der Waals surface area contributed by atoms with Gasteiger partial charge in [-0.1, -0.05) is 13.8 Å². The van der Waals surface area contributed by atoms with Gasteiger partial charge in [0.15, 0.2) is 0 Å². The van der Waals surface area contributed by atoms with Crippen LogP contribution < -0.4 is 11.1 Å². The highest BCUT2D eigenvalue weighted by molar-refractivity contribution is 5.60. The number of pyridine rings is 1. The van der Waals surface area contributed by atoms with Crippen LogP contribution in [0.4, 0.5) is 11.5 Å². The Hall–Kier alpha value is -1.25. The molecule has 3 N–H and O–H groups in total. The van der Waals surface area contributed by atoms with Crippen LogP contribution >= 0.6 is 0 Å². The largest absolute Gasteiger partial charge is 0.396 e. The van der Waals surface area contributed by atoms with Gasteiger partial charge in [-0.2, -0.15) is 0 Å². The minimum Gasteiger partial charge on any atom is -0.396 e. The topological polar surface area (TPSA) is 50.9 Å². The SMILES string of the molecule is CC(C)CCCNc1ncccc1N. The van der Waals surface area contributed by atoms with Crippen molar-refractivity contribution < 1.29 is 0 Å². The Balaban J connectivity index is 2.28. The van der Waals surface area contributed by atoms with E-state index in [4.69, 9.17) is 5.73 Å². The second kappa shape index (κ2) is 5.47. The van der Waals surface area contributed by atoms with Crippen molar-refractivity contribution in [2.45, 2.75) is 26.7 Å². The number of hydrogen-bond acceptors (Lipinski definition) is 3. The number of anilines is 2. The minimum atomic E-state index is 0.719. The van der Waals surface area contributed by atoms with Gasteiger partial charge in [-0.25, -0.2) is 4.98 Å². The van der Waals surface area contributed by atoms with Gasteiger partial charge >= 0.3 is 0 Å². The quantitative estimate of drug-likeness (QED) is 0.706. The molecule has 0 spiro atoms. The number of nitrogens with two attached hydrogens (primary N) is 1. The van der Waals surface area contributed by atoms with Crippen LogP contribution in [0.1, 0.15) is 26.7 Å². The van der Waals surface area contributed by atoms with Crippen LogP contribution in [0, 0.1) is 5.92 Å². The maximum absolute atomic E-state index is 5.74. The third-order valence-electron chi connectivity index (χ3n) is 2.09. The lowest BCUT2D eigenvalue weighted by Crippen LogP contribution is -2.06. The van der Waals surface area contributed by atoms with E-state index in [1.54, 1.807) is 6.20 Å². The van der Waals surface area contributed by atoms with Crippen LogP contribution in [0.25, 0.3) is 0 Å². The van der Waals surface area contributed by atoms with Gasteiger partial charge < -0.3 is 11.1 Å². The van der Waals surface area contributed by atoms with Gasteiger partial charge in [-0.05, 0) is 30.9 Å². The molecule has 0 aliphatic rings. The summed E-state index contributed by atoms with van der Waals surface area (Å²) in [5.74, 6) is 1.56. The first kappa shape index (κ1) is 10.8. The number of nitrogen functional groups attached to an aromatic ring is 1. The van der Waals surface area contributed by atoms with E-state index in [2.05, 4.69) is 24.1 Å². The fourth-order valence-corrected chi connectivity index (χ4v) is 1.28. The molecular weight excluding hydrogens is 174 g/mol. The molecule has 14 heavy (non-hydrogen) atoms. The van der Waals surface area contributed by atoms with E-state index in [0.717, 1.165) is 30.4 Å². The third-order valence-corrected chi connectivity index (χ3v) is 2.09. The van der Waals surface area contributed by atoms with Crippen molar-refractivity contribution in [2.24, 2.45) is 5.92 Å². The summed E-state index contributed by atoms with van der Waals surface area (Å²) >= 11 is 0. The number of rotatable bonds is 5. The molecule has 3 nitrogen and oxygen atoms in total. The van der Waals surface area contributed by atoms with Crippen molar-refractivity contribution in [3.63, 3.8) is 0 Å². The van der Waals surface area contributed by atoms with Gasteiger partial charge in [0, 0.05) is 12.7 Å². The van der Waals surface area contributed by atoms with Crippen molar-refractivity contribution in [1.29, 1.82) is 0 Å². The number of aromatic nitrogens is 1. The maximum Gasteiger partial charge on any atom is 0.149 e. The second-order valence-electron chi connectivity index (χ2n) is 3.90. The van der Waals surface area contributed by atoms with Gasteiger partial charge in [0.2, 0.25) is 0 Å². The second-order valence-corrected chi connectivity index (χ2v) is 3.90. The van der Waals surface area contributed by atoms with Gasteiger partial charge in [0.25, 0.3) is 0 Å². The molecule has 0 bridgehead atoms. The molecule has 0 aromatic carbocycles. The molecule has 0 saturated heterocycles. The van der Waals surface area contributed by atoms with Crippen LogP contribution in [-0.4, -0.2) is 11.5 Å². The third kappa shape index (κ3) is 3.64. The van der Waals surface area contributed by atoms with E-state index in [1.807, 2.05) is 12.1 Å². The summed E-state index contributed by atoms with van der Waals surface area (Å²) in [4.78, 5) is 4.16. The van der Waals surface area contributed by atoms with E-state index in [1.165, 1.54) is 6.42 Å². The molecule has 1 aromatic heterocycles. The monoisotopic (exact) mass is 193 g/mol. The first-order valence-corrected chi connectivity index (χ1v) is 5.14. The first-order chi connectivity index (χ1) is 6.70. The van der Waals surface area contributed by atoms with E-state index in [-0.39, 0.29) is 0 Å². The van der Waals surface area contributed by atoms with Crippen molar-refractivity contribution in [2.75, 3.05) is 17.6 Å². The van der Waals surface area contributed by atoms with Gasteiger partial charge in [0.1, 0.15) is 5.82 Å². The standard InChI is InChI=1S/C11H19N3/c1-9(2)5-3-7-13-11-10(12)6-4-8-14-11/h4,6,8-9H,3,5,7,12H2,1-2H3,(H,13,14). The number of hydrogen-bond donors (Lipinski definition) is 2. The van der Waals surface area contributed by atoms with E-state index < -0.39 is 0 Å². The zero-order valence-corrected chi connectivity index (χ0v) is 8.96. The zero-order valence-electron chi connectivity index (χ0n) is 8.96. The zero-order chi connectivity index (χ0) is 10.4. The first-order valence-electron chi connectivity index (χ1n) is 5.14. The minimum absolute atomic E-state index is 0.719. The van der Waals surface area contributed by atoms with Crippen molar-refractivity contribution in [3.05, 3.63) is 18.3 Å². The summed E-state index contributed by atoms with van der Waals surface area (Å²) in [5.41, 5.74) is 6.46. The van der Waals surface area contributed by atoms with Crippen LogP contribution in [0.5, 0.6) is 0 Å². The van der Waals surface area contributed by atoms with E-state index >= 15 is 0 Å². The van der Waals surface area contributed by atoms with Crippen LogP contribution in [0.3, 0.4) is 0 Å². The Morgan fingerprint density at radius 2 is 2.29 bits per heavy atom. The molecule has 1 aromatic rings. The Bertz CT molecular complexity index is 271. The summed E-state index contributed by atoms with van der Waals surface area (Å²) in [6.07, 6.45) is 4.15. The fraction of sp³-hybridized carbons (Fsp3) is 0.545. The molecule has 3 heteroatoms. The Morgan fingerprint density at radius 1 is 1.50 bits per heavy atom. The van der Waals surface area contributed by atoms with Crippen molar-refractivity contribution >= 4 is 11.5 Å². The summed E-state index contributed by atoms with van der Waals surface area (Å²) < 4.78 is 0. The Kier molecular flexibility index (Phi) is 4.23. The molecular formula is C11H19N3. The normalized spacial score (nSPS) is 10.5. The lowest BCUT2D eigenvalue weighted by molar-refractivity contribution is 0.567. The van der Waals surface area contributed by atoms with Crippen LogP contribution in [0.15, 0.2) is 18.3 Å². The smallest absolute Gasteiger partial charge is 0.149 e. The molecule has 1 rings (SSSR count). The molecule has 1 heterocycles. The van der Waals surface area contributed by atoms with E-state index in [9.17, 15) is 0 Å². The molecule has 0 unspecified atom stereocenters. The average Bonchev–Trinajstić information content (AvgIpc) is 2.15. The van der Waals surface area contributed by atoms with Crippen LogP contribution in [-0.2, 0) is 0 Å². The van der Waals surface area contributed by atoms with Gasteiger partial charge in [-0.15, -0.1) is 0 Å². The summed E-state index contributed by atoms with van der Waals surface area (Å²) in [5, 5.41) is 3.23. The highest BCUT2D eigenvalue weighted by Gasteiger charge is 1.98. The summed E-state index contributed by atoms with van der Waals surface area (Å²) in [6.45, 7) is 5.41. The molecule has 0 saturated carbocycles. The van der Waals surface area contributed by atoms with Gasteiger partial charge in [-0.3, -0.25) is 0 Å². The molecule has 0 aliphatic heterocycles. The lowest BCUT2D eigenvalue weighted by atomic mass is 10.1. The molecule has 0 aliphatic carbocycles. The number of nitrogens with zero attached hydrogens (tertiary/aromatic N) is 1. The molecule has 0 fully saturated rings.